The lowest BCUT2D eigenvalue weighted by Gasteiger charge is -2.12. The SMILES string of the molecule is O=C(Nc1cc(-c2cc(Cl)ccc2F)nc2ccccc12)c1cccnc1. The molecule has 4 aromatic rings. The van der Waals surface area contributed by atoms with Crippen LogP contribution >= 0.6 is 11.6 Å². The van der Waals surface area contributed by atoms with Crippen molar-refractivity contribution >= 4 is 34.1 Å². The maximum atomic E-state index is 14.3. The molecule has 0 bridgehead atoms. The van der Waals surface area contributed by atoms with Crippen LogP contribution in [0.1, 0.15) is 10.4 Å². The first-order chi connectivity index (χ1) is 13.1. The second-order valence-corrected chi connectivity index (χ2v) is 6.33. The van der Waals surface area contributed by atoms with Crippen LogP contribution in [0.2, 0.25) is 5.02 Å². The predicted octanol–water partition coefficient (Wildman–Crippen LogP) is 5.34. The lowest BCUT2D eigenvalue weighted by Crippen LogP contribution is -2.12. The second kappa shape index (κ2) is 7.13. The molecule has 0 aliphatic rings. The maximum absolute atomic E-state index is 14.3. The van der Waals surface area contributed by atoms with Crippen LogP contribution in [0.3, 0.4) is 0 Å². The van der Waals surface area contributed by atoms with Crippen LogP contribution in [0.15, 0.2) is 73.1 Å². The van der Waals surface area contributed by atoms with Crippen LogP contribution in [0.5, 0.6) is 0 Å². The number of aromatic nitrogens is 2. The van der Waals surface area contributed by atoms with Gasteiger partial charge in [-0.15, -0.1) is 0 Å². The van der Waals surface area contributed by atoms with E-state index in [-0.39, 0.29) is 11.5 Å². The molecule has 2 heterocycles. The van der Waals surface area contributed by atoms with Gasteiger partial charge in [0.1, 0.15) is 5.82 Å². The molecule has 1 amide bonds. The molecule has 0 spiro atoms. The van der Waals surface area contributed by atoms with Crippen LogP contribution in [-0.2, 0) is 0 Å². The van der Waals surface area contributed by atoms with E-state index in [0.29, 0.717) is 27.5 Å². The number of nitrogens with one attached hydrogen (secondary N) is 1. The summed E-state index contributed by atoms with van der Waals surface area (Å²) < 4.78 is 14.3. The average molecular weight is 378 g/mol. The van der Waals surface area contributed by atoms with Crippen LogP contribution in [0, 0.1) is 5.82 Å². The number of halogens is 2. The third-order valence-corrected chi connectivity index (χ3v) is 4.33. The summed E-state index contributed by atoms with van der Waals surface area (Å²) in [6, 6.07) is 16.6. The first kappa shape index (κ1) is 17.1. The van der Waals surface area contributed by atoms with Crippen LogP contribution in [-0.4, -0.2) is 15.9 Å². The molecule has 6 heteroatoms. The van der Waals surface area contributed by atoms with E-state index in [4.69, 9.17) is 11.6 Å². The van der Waals surface area contributed by atoms with E-state index in [0.717, 1.165) is 5.39 Å². The number of benzene rings is 2. The van der Waals surface area contributed by atoms with Gasteiger partial charge in [0.05, 0.1) is 22.5 Å². The predicted molar refractivity (Wildman–Crippen MR) is 104 cm³/mol. The standard InChI is InChI=1S/C21H13ClFN3O/c22-14-7-8-17(23)16(10-14)20-11-19(15-5-1-2-6-18(15)25-20)26-21(27)13-4-3-9-24-12-13/h1-12H,(H,25,26,27). The van der Waals surface area contributed by atoms with Gasteiger partial charge in [-0.25, -0.2) is 9.37 Å². The highest BCUT2D eigenvalue weighted by Crippen LogP contribution is 2.31. The molecule has 27 heavy (non-hydrogen) atoms. The van der Waals surface area contributed by atoms with Crippen molar-refractivity contribution in [3.05, 3.63) is 89.5 Å². The summed E-state index contributed by atoms with van der Waals surface area (Å²) in [5.74, 6) is -0.747. The summed E-state index contributed by atoms with van der Waals surface area (Å²) in [4.78, 5) is 21.0. The zero-order chi connectivity index (χ0) is 18.8. The van der Waals surface area contributed by atoms with E-state index in [2.05, 4.69) is 15.3 Å². The fourth-order valence-electron chi connectivity index (χ4n) is 2.80. The van der Waals surface area contributed by atoms with E-state index in [1.807, 2.05) is 18.2 Å². The second-order valence-electron chi connectivity index (χ2n) is 5.89. The molecule has 132 valence electrons. The number of hydrogen-bond acceptors (Lipinski definition) is 3. The van der Waals surface area contributed by atoms with Crippen molar-refractivity contribution < 1.29 is 9.18 Å². The Morgan fingerprint density at radius 3 is 2.70 bits per heavy atom. The molecule has 2 aromatic carbocycles. The number of hydrogen-bond donors (Lipinski definition) is 1. The third kappa shape index (κ3) is 3.50. The molecule has 4 rings (SSSR count). The number of amides is 1. The van der Waals surface area contributed by atoms with E-state index in [1.165, 1.54) is 24.4 Å². The van der Waals surface area contributed by atoms with Crippen molar-refractivity contribution in [2.24, 2.45) is 0 Å². The van der Waals surface area contributed by atoms with Crippen molar-refractivity contribution in [2.45, 2.75) is 0 Å². The van der Waals surface area contributed by atoms with Gasteiger partial charge in [-0.3, -0.25) is 9.78 Å². The molecular weight excluding hydrogens is 365 g/mol. The van der Waals surface area contributed by atoms with E-state index in [9.17, 15) is 9.18 Å². The molecule has 4 nitrogen and oxygen atoms in total. The quantitative estimate of drug-likeness (QED) is 0.524. The average Bonchev–Trinajstić information content (AvgIpc) is 2.70. The Balaban J connectivity index is 1.84. The molecule has 0 unspecified atom stereocenters. The highest BCUT2D eigenvalue weighted by molar-refractivity contribution is 6.30. The Morgan fingerprint density at radius 1 is 1.04 bits per heavy atom. The number of para-hydroxylation sites is 1. The summed E-state index contributed by atoms with van der Waals surface area (Å²) in [7, 11) is 0. The minimum atomic E-state index is -0.438. The van der Waals surface area contributed by atoms with Gasteiger partial charge >= 0.3 is 0 Å². The van der Waals surface area contributed by atoms with E-state index < -0.39 is 5.82 Å². The summed E-state index contributed by atoms with van der Waals surface area (Å²) in [5, 5.41) is 4.03. The smallest absolute Gasteiger partial charge is 0.257 e. The van der Waals surface area contributed by atoms with Crippen molar-refractivity contribution in [1.82, 2.24) is 9.97 Å². The number of fused-ring (bicyclic) bond motifs is 1. The molecule has 2 aromatic heterocycles. The van der Waals surface area contributed by atoms with Crippen molar-refractivity contribution in [3.63, 3.8) is 0 Å². The fraction of sp³-hybridized carbons (Fsp3) is 0. The Bertz CT molecular complexity index is 1150. The summed E-state index contributed by atoms with van der Waals surface area (Å²) >= 11 is 6.02. The summed E-state index contributed by atoms with van der Waals surface area (Å²) in [5.41, 5.74) is 2.24. The van der Waals surface area contributed by atoms with Gasteiger partial charge in [-0.05, 0) is 42.5 Å². The minimum absolute atomic E-state index is 0.269. The lowest BCUT2D eigenvalue weighted by atomic mass is 10.1. The van der Waals surface area contributed by atoms with Gasteiger partial charge in [0.2, 0.25) is 0 Å². The van der Waals surface area contributed by atoms with Gasteiger partial charge in [-0.2, -0.15) is 0 Å². The first-order valence-electron chi connectivity index (χ1n) is 8.18. The van der Waals surface area contributed by atoms with Gasteiger partial charge in [0.25, 0.3) is 5.91 Å². The van der Waals surface area contributed by atoms with Crippen molar-refractivity contribution in [3.8, 4) is 11.3 Å². The van der Waals surface area contributed by atoms with Gasteiger partial charge in [0.15, 0.2) is 0 Å². The third-order valence-electron chi connectivity index (χ3n) is 4.09. The van der Waals surface area contributed by atoms with E-state index in [1.54, 1.807) is 30.5 Å². The first-order valence-corrected chi connectivity index (χ1v) is 8.56. The highest BCUT2D eigenvalue weighted by Gasteiger charge is 2.14. The monoisotopic (exact) mass is 377 g/mol. The lowest BCUT2D eigenvalue weighted by molar-refractivity contribution is 0.102. The molecular formula is C21H13ClFN3O. The Morgan fingerprint density at radius 2 is 1.89 bits per heavy atom. The maximum Gasteiger partial charge on any atom is 0.257 e. The summed E-state index contributed by atoms with van der Waals surface area (Å²) in [6.07, 6.45) is 3.08. The molecule has 0 atom stereocenters. The van der Waals surface area contributed by atoms with Crippen LogP contribution in [0.25, 0.3) is 22.2 Å². The van der Waals surface area contributed by atoms with Gasteiger partial charge in [0, 0.05) is 28.4 Å². The van der Waals surface area contributed by atoms with E-state index >= 15 is 0 Å². The molecule has 0 saturated carbocycles. The molecule has 0 fully saturated rings. The van der Waals surface area contributed by atoms with Crippen molar-refractivity contribution in [1.29, 1.82) is 0 Å². The van der Waals surface area contributed by atoms with Crippen LogP contribution in [0.4, 0.5) is 10.1 Å². The largest absolute Gasteiger partial charge is 0.321 e. The van der Waals surface area contributed by atoms with Gasteiger partial charge in [-0.1, -0.05) is 29.8 Å². The summed E-state index contributed by atoms with van der Waals surface area (Å²) in [6.45, 7) is 0. The number of rotatable bonds is 3. The Hall–Kier alpha value is -3.31. The number of nitrogens with zero attached hydrogens (tertiary/aromatic N) is 2. The number of pyridine rings is 2. The molecule has 0 aliphatic heterocycles. The fourth-order valence-corrected chi connectivity index (χ4v) is 2.97. The molecule has 1 N–H and O–H groups in total. The Kier molecular flexibility index (Phi) is 4.52. The number of carbonyl (C=O) groups is 1. The normalized spacial score (nSPS) is 10.7. The molecule has 0 aliphatic carbocycles. The zero-order valence-corrected chi connectivity index (χ0v) is 14.7. The Labute approximate surface area is 159 Å². The number of anilines is 1. The zero-order valence-electron chi connectivity index (χ0n) is 14.0. The van der Waals surface area contributed by atoms with Crippen molar-refractivity contribution in [2.75, 3.05) is 5.32 Å². The van der Waals surface area contributed by atoms with Gasteiger partial charge < -0.3 is 5.32 Å². The topological polar surface area (TPSA) is 54.9 Å². The minimum Gasteiger partial charge on any atom is -0.321 e. The highest BCUT2D eigenvalue weighted by atomic mass is 35.5. The van der Waals surface area contributed by atoms with Crippen LogP contribution < -0.4 is 5.32 Å². The molecule has 0 saturated heterocycles. The number of carbonyl (C=O) groups excluding carboxylic acids is 1. The molecule has 0 radical (unpaired) electrons.